The summed E-state index contributed by atoms with van der Waals surface area (Å²) in [6.07, 6.45) is 4.33. The monoisotopic (exact) mass is 254 g/mol. The van der Waals surface area contributed by atoms with Crippen molar-refractivity contribution in [1.82, 2.24) is 10.2 Å². The van der Waals surface area contributed by atoms with Gasteiger partial charge >= 0.3 is 0 Å². The molecule has 3 heteroatoms. The second-order valence-electron chi connectivity index (χ2n) is 6.04. The molecule has 3 nitrogen and oxygen atoms in total. The fraction of sp³-hybridized carbons (Fsp3) is 0.933. The molecule has 1 heterocycles. The molecule has 1 N–H and O–H groups in total. The number of hydrogen-bond acceptors (Lipinski definition) is 2. The molecule has 1 rings (SSSR count). The van der Waals surface area contributed by atoms with Gasteiger partial charge in [-0.05, 0) is 31.2 Å². The van der Waals surface area contributed by atoms with Crippen molar-refractivity contribution in [3.63, 3.8) is 0 Å². The van der Waals surface area contributed by atoms with Gasteiger partial charge in [0.1, 0.15) is 0 Å². The Labute approximate surface area is 112 Å². The molecule has 0 bridgehead atoms. The van der Waals surface area contributed by atoms with Crippen molar-refractivity contribution >= 4 is 5.91 Å². The molecule has 1 saturated heterocycles. The molecule has 1 amide bonds. The van der Waals surface area contributed by atoms with E-state index in [-0.39, 0.29) is 0 Å². The number of rotatable bonds is 6. The minimum atomic E-state index is 0.312. The number of piperidine rings is 1. The van der Waals surface area contributed by atoms with Gasteiger partial charge in [0.15, 0.2) is 0 Å². The standard InChI is InChI=1S/C15H30N2O/c1-5-7-13-8-14(16-9-12(3)4)11-17(10-13)15(18)6-2/h12-14,16H,5-11H2,1-4H3. The molecule has 106 valence electrons. The van der Waals surface area contributed by atoms with Crippen LogP contribution in [0.1, 0.15) is 53.4 Å². The first kappa shape index (κ1) is 15.5. The van der Waals surface area contributed by atoms with Gasteiger partial charge in [0.05, 0.1) is 0 Å². The fourth-order valence-corrected chi connectivity index (χ4v) is 2.80. The lowest BCUT2D eigenvalue weighted by Crippen LogP contribution is -2.51. The van der Waals surface area contributed by atoms with E-state index in [1.54, 1.807) is 0 Å². The van der Waals surface area contributed by atoms with Gasteiger partial charge in [-0.3, -0.25) is 4.79 Å². The van der Waals surface area contributed by atoms with Crippen LogP contribution in [0.3, 0.4) is 0 Å². The highest BCUT2D eigenvalue weighted by Crippen LogP contribution is 2.22. The summed E-state index contributed by atoms with van der Waals surface area (Å²) in [7, 11) is 0. The minimum absolute atomic E-state index is 0.312. The number of hydrogen-bond donors (Lipinski definition) is 1. The number of likely N-dealkylation sites (tertiary alicyclic amines) is 1. The van der Waals surface area contributed by atoms with E-state index in [1.807, 2.05) is 6.92 Å². The Kier molecular flexibility index (Phi) is 6.69. The molecule has 0 aromatic rings. The summed E-state index contributed by atoms with van der Waals surface area (Å²) in [6.45, 7) is 11.6. The van der Waals surface area contributed by atoms with Gasteiger partial charge in [-0.2, -0.15) is 0 Å². The number of nitrogens with zero attached hydrogens (tertiary/aromatic N) is 1. The summed E-state index contributed by atoms with van der Waals surface area (Å²) in [6, 6.07) is 0.494. The molecule has 2 atom stereocenters. The van der Waals surface area contributed by atoms with Gasteiger partial charge in [-0.1, -0.05) is 34.1 Å². The maximum absolute atomic E-state index is 11.9. The zero-order valence-electron chi connectivity index (χ0n) is 12.5. The first-order chi connectivity index (χ1) is 8.56. The SMILES string of the molecule is CCCC1CC(NCC(C)C)CN(C(=O)CC)C1. The van der Waals surface area contributed by atoms with Crippen LogP contribution in [0.4, 0.5) is 0 Å². The first-order valence-corrected chi connectivity index (χ1v) is 7.57. The normalized spacial score (nSPS) is 24.6. The number of carbonyl (C=O) groups is 1. The second kappa shape index (κ2) is 7.78. The highest BCUT2D eigenvalue weighted by atomic mass is 16.2. The molecule has 0 aliphatic carbocycles. The molecule has 0 spiro atoms. The maximum Gasteiger partial charge on any atom is 0.222 e. The van der Waals surface area contributed by atoms with Crippen molar-refractivity contribution in [1.29, 1.82) is 0 Å². The minimum Gasteiger partial charge on any atom is -0.341 e. The molecule has 0 aromatic carbocycles. The summed E-state index contributed by atoms with van der Waals surface area (Å²) in [4.78, 5) is 14.0. The molecule has 0 radical (unpaired) electrons. The fourth-order valence-electron chi connectivity index (χ4n) is 2.80. The average molecular weight is 254 g/mol. The third-order valence-electron chi connectivity index (χ3n) is 3.70. The van der Waals surface area contributed by atoms with Gasteiger partial charge in [-0.15, -0.1) is 0 Å². The highest BCUT2D eigenvalue weighted by Gasteiger charge is 2.28. The van der Waals surface area contributed by atoms with Gasteiger partial charge < -0.3 is 10.2 Å². The Hall–Kier alpha value is -0.570. The van der Waals surface area contributed by atoms with Crippen LogP contribution in [0.15, 0.2) is 0 Å². The zero-order chi connectivity index (χ0) is 13.5. The van der Waals surface area contributed by atoms with Crippen LogP contribution >= 0.6 is 0 Å². The van der Waals surface area contributed by atoms with Gasteiger partial charge in [0.25, 0.3) is 0 Å². The third kappa shape index (κ3) is 4.97. The van der Waals surface area contributed by atoms with Crippen LogP contribution < -0.4 is 5.32 Å². The maximum atomic E-state index is 11.9. The Balaban J connectivity index is 2.53. The van der Waals surface area contributed by atoms with Crippen molar-refractivity contribution < 1.29 is 4.79 Å². The van der Waals surface area contributed by atoms with Crippen LogP contribution in [0.5, 0.6) is 0 Å². The van der Waals surface area contributed by atoms with Crippen molar-refractivity contribution in [3.05, 3.63) is 0 Å². The van der Waals surface area contributed by atoms with Crippen molar-refractivity contribution in [2.45, 2.75) is 59.4 Å². The molecule has 18 heavy (non-hydrogen) atoms. The number of carbonyl (C=O) groups excluding carboxylic acids is 1. The molecular weight excluding hydrogens is 224 g/mol. The molecule has 0 saturated carbocycles. The van der Waals surface area contributed by atoms with Crippen LogP contribution in [0.25, 0.3) is 0 Å². The van der Waals surface area contributed by atoms with E-state index in [0.29, 0.717) is 30.2 Å². The van der Waals surface area contributed by atoms with E-state index in [0.717, 1.165) is 19.6 Å². The molecule has 1 aliphatic heterocycles. The number of nitrogens with one attached hydrogen (secondary N) is 1. The molecule has 1 aliphatic rings. The molecular formula is C15H30N2O. The second-order valence-corrected chi connectivity index (χ2v) is 6.04. The van der Waals surface area contributed by atoms with Gasteiger partial charge in [-0.25, -0.2) is 0 Å². The molecule has 1 fully saturated rings. The lowest BCUT2D eigenvalue weighted by atomic mass is 9.90. The van der Waals surface area contributed by atoms with Gasteiger partial charge in [0.2, 0.25) is 5.91 Å². The summed E-state index contributed by atoms with van der Waals surface area (Å²) >= 11 is 0. The molecule has 2 unspecified atom stereocenters. The quantitative estimate of drug-likeness (QED) is 0.790. The van der Waals surface area contributed by atoms with Crippen LogP contribution in [-0.4, -0.2) is 36.5 Å². The van der Waals surface area contributed by atoms with Crippen LogP contribution in [0.2, 0.25) is 0 Å². The van der Waals surface area contributed by atoms with Crippen molar-refractivity contribution in [3.8, 4) is 0 Å². The third-order valence-corrected chi connectivity index (χ3v) is 3.70. The predicted octanol–water partition coefficient (Wildman–Crippen LogP) is 2.66. The Morgan fingerprint density at radius 3 is 2.61 bits per heavy atom. The number of amides is 1. The topological polar surface area (TPSA) is 32.3 Å². The van der Waals surface area contributed by atoms with Crippen LogP contribution in [0, 0.1) is 11.8 Å². The lowest BCUT2D eigenvalue weighted by molar-refractivity contribution is -0.133. The van der Waals surface area contributed by atoms with E-state index in [2.05, 4.69) is 31.0 Å². The van der Waals surface area contributed by atoms with Gasteiger partial charge in [0, 0.05) is 25.6 Å². The summed E-state index contributed by atoms with van der Waals surface area (Å²) in [5.74, 6) is 1.67. The summed E-state index contributed by atoms with van der Waals surface area (Å²) in [5, 5.41) is 3.62. The zero-order valence-corrected chi connectivity index (χ0v) is 12.5. The first-order valence-electron chi connectivity index (χ1n) is 7.57. The smallest absolute Gasteiger partial charge is 0.222 e. The van der Waals surface area contributed by atoms with Crippen molar-refractivity contribution in [2.24, 2.45) is 11.8 Å². The van der Waals surface area contributed by atoms with E-state index in [4.69, 9.17) is 0 Å². The van der Waals surface area contributed by atoms with E-state index in [1.165, 1.54) is 19.3 Å². The summed E-state index contributed by atoms with van der Waals surface area (Å²) < 4.78 is 0. The average Bonchev–Trinajstić information content (AvgIpc) is 2.35. The Morgan fingerprint density at radius 1 is 1.33 bits per heavy atom. The van der Waals surface area contributed by atoms with Crippen LogP contribution in [-0.2, 0) is 4.79 Å². The molecule has 0 aromatic heterocycles. The Morgan fingerprint density at radius 2 is 2.06 bits per heavy atom. The van der Waals surface area contributed by atoms with Crippen molar-refractivity contribution in [2.75, 3.05) is 19.6 Å². The predicted molar refractivity (Wildman–Crippen MR) is 76.5 cm³/mol. The van der Waals surface area contributed by atoms with E-state index >= 15 is 0 Å². The van der Waals surface area contributed by atoms with E-state index in [9.17, 15) is 4.79 Å². The van der Waals surface area contributed by atoms with E-state index < -0.39 is 0 Å². The highest BCUT2D eigenvalue weighted by molar-refractivity contribution is 5.76. The summed E-state index contributed by atoms with van der Waals surface area (Å²) in [5.41, 5.74) is 0. The Bertz CT molecular complexity index is 253. The lowest BCUT2D eigenvalue weighted by Gasteiger charge is -2.38. The largest absolute Gasteiger partial charge is 0.341 e.